The summed E-state index contributed by atoms with van der Waals surface area (Å²) in [5.74, 6) is 0.481. The number of nitrogens with two attached hydrogens (primary N) is 1. The maximum atomic E-state index is 13.1. The van der Waals surface area contributed by atoms with Gasteiger partial charge in [0.15, 0.2) is 0 Å². The van der Waals surface area contributed by atoms with Crippen LogP contribution in [0.3, 0.4) is 0 Å². The molecule has 2 N–H and O–H groups in total. The fourth-order valence-electron chi connectivity index (χ4n) is 1.59. The van der Waals surface area contributed by atoms with Crippen molar-refractivity contribution in [1.29, 1.82) is 0 Å². The zero-order valence-electron chi connectivity index (χ0n) is 10.0. The van der Waals surface area contributed by atoms with Crippen molar-refractivity contribution < 1.29 is 9.13 Å². The summed E-state index contributed by atoms with van der Waals surface area (Å²) in [4.78, 5) is 1.05. The van der Waals surface area contributed by atoms with Gasteiger partial charge in [-0.05, 0) is 36.6 Å². The zero-order chi connectivity index (χ0) is 13.0. The normalized spacial score (nSPS) is 10.3. The standard InChI is InChI=1S/C14H14FNOS/c1-18-14-5-3-2-4-13(14)17-9-10-8-11(15)6-7-12(10)16/h2-8H,9,16H2,1H3. The second-order valence-electron chi connectivity index (χ2n) is 3.78. The Hall–Kier alpha value is -1.68. The van der Waals surface area contributed by atoms with Gasteiger partial charge in [0, 0.05) is 16.1 Å². The minimum absolute atomic E-state index is 0.265. The van der Waals surface area contributed by atoms with E-state index in [1.807, 2.05) is 30.5 Å². The van der Waals surface area contributed by atoms with Crippen LogP contribution in [0.15, 0.2) is 47.4 Å². The Balaban J connectivity index is 2.14. The SMILES string of the molecule is CSc1ccccc1OCc1cc(F)ccc1N. The van der Waals surface area contributed by atoms with Crippen LogP contribution in [0.4, 0.5) is 10.1 Å². The number of halogens is 1. The predicted octanol–water partition coefficient (Wildman–Crippen LogP) is 3.71. The molecule has 0 fully saturated rings. The van der Waals surface area contributed by atoms with Crippen LogP contribution in [0.2, 0.25) is 0 Å². The van der Waals surface area contributed by atoms with Crippen molar-refractivity contribution in [2.24, 2.45) is 0 Å². The molecular formula is C14H14FNOS. The largest absolute Gasteiger partial charge is 0.488 e. The number of nitrogen functional groups attached to an aromatic ring is 1. The third-order valence-corrected chi connectivity index (χ3v) is 3.33. The Bertz CT molecular complexity index is 545. The molecule has 0 aliphatic carbocycles. The summed E-state index contributed by atoms with van der Waals surface area (Å²) in [7, 11) is 0. The number of thioether (sulfide) groups is 1. The van der Waals surface area contributed by atoms with Gasteiger partial charge >= 0.3 is 0 Å². The number of anilines is 1. The van der Waals surface area contributed by atoms with Gasteiger partial charge in [0.2, 0.25) is 0 Å². The smallest absolute Gasteiger partial charge is 0.133 e. The first-order valence-corrected chi connectivity index (χ1v) is 6.73. The molecule has 0 heterocycles. The fraction of sp³-hybridized carbons (Fsp3) is 0.143. The van der Waals surface area contributed by atoms with Gasteiger partial charge in [0.25, 0.3) is 0 Å². The average molecular weight is 263 g/mol. The summed E-state index contributed by atoms with van der Waals surface area (Å²) < 4.78 is 18.8. The Morgan fingerprint density at radius 2 is 2.00 bits per heavy atom. The summed E-state index contributed by atoms with van der Waals surface area (Å²) >= 11 is 1.61. The van der Waals surface area contributed by atoms with Gasteiger partial charge in [-0.2, -0.15) is 0 Å². The van der Waals surface area contributed by atoms with Gasteiger partial charge in [-0.15, -0.1) is 11.8 Å². The molecule has 0 spiro atoms. The highest BCUT2D eigenvalue weighted by molar-refractivity contribution is 7.98. The van der Waals surface area contributed by atoms with Crippen molar-refractivity contribution in [1.82, 2.24) is 0 Å². The molecule has 0 bridgehead atoms. The molecule has 0 saturated heterocycles. The minimum atomic E-state index is -0.305. The van der Waals surface area contributed by atoms with E-state index in [0.29, 0.717) is 11.3 Å². The number of hydrogen-bond acceptors (Lipinski definition) is 3. The Morgan fingerprint density at radius 1 is 1.22 bits per heavy atom. The van der Waals surface area contributed by atoms with Crippen LogP contribution in [-0.2, 0) is 6.61 Å². The Morgan fingerprint density at radius 3 is 2.78 bits per heavy atom. The molecule has 4 heteroatoms. The highest BCUT2D eigenvalue weighted by Crippen LogP contribution is 2.28. The van der Waals surface area contributed by atoms with Crippen molar-refractivity contribution >= 4 is 17.4 Å². The lowest BCUT2D eigenvalue weighted by molar-refractivity contribution is 0.299. The quantitative estimate of drug-likeness (QED) is 0.674. The summed E-state index contributed by atoms with van der Waals surface area (Å²) in [5.41, 5.74) is 6.97. The van der Waals surface area contributed by atoms with Crippen molar-refractivity contribution in [3.8, 4) is 5.75 Å². The molecule has 0 aliphatic rings. The maximum Gasteiger partial charge on any atom is 0.133 e. The summed E-state index contributed by atoms with van der Waals surface area (Å²) in [6, 6.07) is 12.0. The molecule has 2 rings (SSSR count). The van der Waals surface area contributed by atoms with Crippen molar-refractivity contribution in [2.45, 2.75) is 11.5 Å². The number of benzene rings is 2. The number of hydrogen-bond donors (Lipinski definition) is 1. The zero-order valence-corrected chi connectivity index (χ0v) is 10.8. The summed E-state index contributed by atoms with van der Waals surface area (Å²) in [6.45, 7) is 0.265. The lowest BCUT2D eigenvalue weighted by Crippen LogP contribution is -2.01. The first-order chi connectivity index (χ1) is 8.70. The molecule has 18 heavy (non-hydrogen) atoms. The lowest BCUT2D eigenvalue weighted by atomic mass is 10.2. The molecule has 0 aromatic heterocycles. The maximum absolute atomic E-state index is 13.1. The summed E-state index contributed by atoms with van der Waals surface area (Å²) in [5, 5.41) is 0. The molecule has 0 radical (unpaired) electrons. The monoisotopic (exact) mass is 263 g/mol. The van der Waals surface area contributed by atoms with E-state index in [0.717, 1.165) is 10.6 Å². The van der Waals surface area contributed by atoms with Crippen LogP contribution in [0.25, 0.3) is 0 Å². The van der Waals surface area contributed by atoms with Crippen LogP contribution in [0.5, 0.6) is 5.75 Å². The highest BCUT2D eigenvalue weighted by atomic mass is 32.2. The van der Waals surface area contributed by atoms with E-state index in [-0.39, 0.29) is 12.4 Å². The molecular weight excluding hydrogens is 249 g/mol. The topological polar surface area (TPSA) is 35.2 Å². The molecule has 94 valence electrons. The van der Waals surface area contributed by atoms with Crippen LogP contribution in [0.1, 0.15) is 5.56 Å². The van der Waals surface area contributed by atoms with Crippen molar-refractivity contribution in [3.05, 3.63) is 53.8 Å². The van der Waals surface area contributed by atoms with E-state index >= 15 is 0 Å². The van der Waals surface area contributed by atoms with E-state index in [4.69, 9.17) is 10.5 Å². The average Bonchev–Trinajstić information content (AvgIpc) is 2.40. The van der Waals surface area contributed by atoms with Gasteiger partial charge in [-0.3, -0.25) is 0 Å². The number of ether oxygens (including phenoxy) is 1. The van der Waals surface area contributed by atoms with Crippen LogP contribution >= 0.6 is 11.8 Å². The van der Waals surface area contributed by atoms with E-state index in [9.17, 15) is 4.39 Å². The molecule has 0 unspecified atom stereocenters. The molecule has 2 aromatic carbocycles. The van der Waals surface area contributed by atoms with Gasteiger partial charge in [-0.25, -0.2) is 4.39 Å². The minimum Gasteiger partial charge on any atom is -0.488 e. The van der Waals surface area contributed by atoms with E-state index in [2.05, 4.69) is 0 Å². The van der Waals surface area contributed by atoms with Gasteiger partial charge in [0.1, 0.15) is 18.2 Å². The van der Waals surface area contributed by atoms with Gasteiger partial charge in [0.05, 0.1) is 0 Å². The molecule has 2 aromatic rings. The first-order valence-electron chi connectivity index (χ1n) is 5.50. The van der Waals surface area contributed by atoms with Gasteiger partial charge in [-0.1, -0.05) is 12.1 Å². The van der Waals surface area contributed by atoms with Crippen molar-refractivity contribution in [3.63, 3.8) is 0 Å². The first kappa shape index (κ1) is 12.8. The fourth-order valence-corrected chi connectivity index (χ4v) is 2.14. The number of rotatable bonds is 4. The predicted molar refractivity (Wildman–Crippen MR) is 73.4 cm³/mol. The van der Waals surface area contributed by atoms with Crippen molar-refractivity contribution in [2.75, 3.05) is 12.0 Å². The van der Waals surface area contributed by atoms with Crippen LogP contribution < -0.4 is 10.5 Å². The van der Waals surface area contributed by atoms with Crippen LogP contribution in [-0.4, -0.2) is 6.26 Å². The van der Waals surface area contributed by atoms with E-state index in [1.54, 1.807) is 17.8 Å². The van der Waals surface area contributed by atoms with E-state index < -0.39 is 0 Å². The molecule has 2 nitrogen and oxygen atoms in total. The Kier molecular flexibility index (Phi) is 4.10. The Labute approximate surface area is 110 Å². The third kappa shape index (κ3) is 2.96. The van der Waals surface area contributed by atoms with E-state index in [1.165, 1.54) is 12.1 Å². The van der Waals surface area contributed by atoms with Crippen LogP contribution in [0, 0.1) is 5.82 Å². The third-order valence-electron chi connectivity index (χ3n) is 2.56. The van der Waals surface area contributed by atoms with Gasteiger partial charge < -0.3 is 10.5 Å². The molecule has 0 aliphatic heterocycles. The molecule has 0 atom stereocenters. The summed E-state index contributed by atoms with van der Waals surface area (Å²) in [6.07, 6.45) is 1.98. The number of para-hydroxylation sites is 1. The molecule has 0 amide bonds. The second kappa shape index (κ2) is 5.78. The second-order valence-corrected chi connectivity index (χ2v) is 4.63. The highest BCUT2D eigenvalue weighted by Gasteiger charge is 2.05. The molecule has 0 saturated carbocycles. The lowest BCUT2D eigenvalue weighted by Gasteiger charge is -2.11.